The van der Waals surface area contributed by atoms with Crippen LogP contribution in [0, 0.1) is 12.5 Å². The zero-order valence-electron chi connectivity index (χ0n) is 19.4. The zero-order chi connectivity index (χ0) is 22.7. The molecule has 2 heterocycles. The van der Waals surface area contributed by atoms with Crippen LogP contribution < -0.4 is 4.74 Å². The van der Waals surface area contributed by atoms with Gasteiger partial charge in [0.25, 0.3) is 5.91 Å². The number of carbonyl (C=O) groups excluding carboxylic acids is 1. The molecule has 0 unspecified atom stereocenters. The zero-order valence-corrected chi connectivity index (χ0v) is 19.4. The van der Waals surface area contributed by atoms with Crippen molar-refractivity contribution in [3.63, 3.8) is 0 Å². The molecule has 2 aliphatic heterocycles. The van der Waals surface area contributed by atoms with Crippen molar-refractivity contribution in [2.24, 2.45) is 0 Å². The number of carbonyl (C=O) groups is 1. The average Bonchev–Trinajstić information content (AvgIpc) is 3.28. The lowest BCUT2D eigenvalue weighted by Gasteiger charge is -2.36. The van der Waals surface area contributed by atoms with Gasteiger partial charge in [0, 0.05) is 56.4 Å². The lowest BCUT2D eigenvalue weighted by atomic mass is 9.93. The van der Waals surface area contributed by atoms with Crippen LogP contribution >= 0.6 is 0 Å². The number of benzene rings is 2. The molecule has 0 spiro atoms. The molecule has 1 amide bonds. The first-order valence-corrected chi connectivity index (χ1v) is 11.4. The van der Waals surface area contributed by atoms with Gasteiger partial charge >= 0.3 is 0 Å². The summed E-state index contributed by atoms with van der Waals surface area (Å²) in [5.74, 6) is 1.04. The van der Waals surface area contributed by atoms with E-state index in [1.54, 1.807) is 7.11 Å². The van der Waals surface area contributed by atoms with E-state index in [1.165, 1.54) is 16.7 Å². The minimum absolute atomic E-state index is 0.0147. The van der Waals surface area contributed by atoms with Gasteiger partial charge in [-0.05, 0) is 61.6 Å². The number of fused-ring (bicyclic) bond motifs is 1. The molecule has 4 rings (SSSR count). The van der Waals surface area contributed by atoms with E-state index >= 15 is 0 Å². The van der Waals surface area contributed by atoms with Gasteiger partial charge in [-0.1, -0.05) is 30.7 Å². The molecule has 0 saturated carbocycles. The van der Waals surface area contributed by atoms with Crippen molar-refractivity contribution < 1.29 is 9.53 Å². The number of rotatable bonds is 6. The molecule has 2 aromatic carbocycles. The summed E-state index contributed by atoms with van der Waals surface area (Å²) >= 11 is 0. The summed E-state index contributed by atoms with van der Waals surface area (Å²) in [6, 6.07) is 17.2. The summed E-state index contributed by atoms with van der Waals surface area (Å²) in [5.41, 5.74) is 4.61. The van der Waals surface area contributed by atoms with Gasteiger partial charge in [-0.2, -0.15) is 0 Å². The Labute approximate surface area is 192 Å². The number of aryl methyl sites for hydroxylation is 1. The van der Waals surface area contributed by atoms with Gasteiger partial charge in [-0.25, -0.2) is 0 Å². The maximum Gasteiger partial charge on any atom is 0.254 e. The van der Waals surface area contributed by atoms with E-state index < -0.39 is 0 Å². The van der Waals surface area contributed by atoms with Crippen LogP contribution in [-0.2, 0) is 19.5 Å². The number of hydrogen-bond acceptors (Lipinski definition) is 4. The highest BCUT2D eigenvalue weighted by Crippen LogP contribution is 2.34. The Morgan fingerprint density at radius 3 is 2.56 bits per heavy atom. The Hall–Kier alpha value is -2.97. The molecule has 1 saturated heterocycles. The maximum atomic E-state index is 13.3. The molecule has 0 atom stereocenters. The van der Waals surface area contributed by atoms with Gasteiger partial charge < -0.3 is 14.5 Å². The number of amides is 1. The van der Waals surface area contributed by atoms with E-state index in [0.29, 0.717) is 13.1 Å². The van der Waals surface area contributed by atoms with Gasteiger partial charge in [0.15, 0.2) is 0 Å². The Morgan fingerprint density at radius 2 is 1.84 bits per heavy atom. The highest BCUT2D eigenvalue weighted by molar-refractivity contribution is 5.96. The molecule has 168 valence electrons. The van der Waals surface area contributed by atoms with Crippen molar-refractivity contribution in [3.8, 4) is 18.2 Å². The number of terminal acetylenes is 1. The summed E-state index contributed by atoms with van der Waals surface area (Å²) in [4.78, 5) is 19.7. The first-order chi connectivity index (χ1) is 15.4. The summed E-state index contributed by atoms with van der Waals surface area (Å²) in [5, 5.41) is 0. The third kappa shape index (κ3) is 4.61. The van der Waals surface area contributed by atoms with Crippen molar-refractivity contribution in [1.82, 2.24) is 14.7 Å². The fourth-order valence-corrected chi connectivity index (χ4v) is 4.70. The highest BCUT2D eigenvalue weighted by atomic mass is 16.5. The molecular weight excluding hydrogens is 398 g/mol. The quantitative estimate of drug-likeness (QED) is 0.653. The maximum absolute atomic E-state index is 13.3. The third-order valence-corrected chi connectivity index (χ3v) is 6.98. The number of ether oxygens (including phenoxy) is 1. The monoisotopic (exact) mass is 431 g/mol. The molecule has 2 aliphatic rings. The van der Waals surface area contributed by atoms with Gasteiger partial charge in [-0.3, -0.25) is 9.69 Å². The fourth-order valence-electron chi connectivity index (χ4n) is 4.70. The summed E-state index contributed by atoms with van der Waals surface area (Å²) in [7, 11) is 1.71. The Bertz CT molecular complexity index is 1020. The standard InChI is InChI=1S/C27H33N3O2/c1-5-28-14-16-29(17-15-28)26(31)24-11-7-9-22-19-30(20-25(22)24)27(2,3)13-12-21-8-6-10-23(18-21)32-4/h1,6-11,18H,12-17,19-20H2,2-4H3. The normalized spacial score (nSPS) is 16.6. The SMILES string of the molecule is C#CN1CCN(C(=O)c2cccc3c2CN(C(C)(C)CCc2cccc(OC)c2)C3)CC1. The van der Waals surface area contributed by atoms with Crippen LogP contribution in [-0.4, -0.2) is 59.4 Å². The van der Waals surface area contributed by atoms with E-state index in [0.717, 1.165) is 50.3 Å². The van der Waals surface area contributed by atoms with E-state index in [4.69, 9.17) is 11.2 Å². The van der Waals surface area contributed by atoms with Crippen molar-refractivity contribution in [1.29, 1.82) is 0 Å². The van der Waals surface area contributed by atoms with Crippen LogP contribution in [0.2, 0.25) is 0 Å². The van der Waals surface area contributed by atoms with Crippen LogP contribution in [0.25, 0.3) is 0 Å². The average molecular weight is 432 g/mol. The first-order valence-electron chi connectivity index (χ1n) is 11.4. The molecule has 2 aromatic rings. The van der Waals surface area contributed by atoms with Crippen molar-refractivity contribution in [3.05, 3.63) is 64.7 Å². The molecule has 0 radical (unpaired) electrons. The molecule has 0 aliphatic carbocycles. The Kier molecular flexibility index (Phi) is 6.43. The van der Waals surface area contributed by atoms with Gasteiger partial charge in [-0.15, -0.1) is 0 Å². The highest BCUT2D eigenvalue weighted by Gasteiger charge is 2.34. The smallest absolute Gasteiger partial charge is 0.254 e. The molecule has 32 heavy (non-hydrogen) atoms. The van der Waals surface area contributed by atoms with Crippen LogP contribution in [0.15, 0.2) is 42.5 Å². The predicted molar refractivity (Wildman–Crippen MR) is 127 cm³/mol. The number of methoxy groups -OCH3 is 1. The summed E-state index contributed by atoms with van der Waals surface area (Å²) < 4.78 is 5.37. The van der Waals surface area contributed by atoms with Crippen LogP contribution in [0.5, 0.6) is 5.75 Å². The summed E-state index contributed by atoms with van der Waals surface area (Å²) in [6.45, 7) is 9.14. The second-order valence-corrected chi connectivity index (χ2v) is 9.37. The Balaban J connectivity index is 1.44. The molecule has 0 bridgehead atoms. The summed E-state index contributed by atoms with van der Waals surface area (Å²) in [6.07, 6.45) is 7.52. The van der Waals surface area contributed by atoms with E-state index in [9.17, 15) is 4.79 Å². The Morgan fingerprint density at radius 1 is 1.09 bits per heavy atom. The second kappa shape index (κ2) is 9.26. The molecule has 5 nitrogen and oxygen atoms in total. The molecular formula is C27H33N3O2. The van der Waals surface area contributed by atoms with Crippen LogP contribution in [0.1, 0.15) is 47.3 Å². The van der Waals surface area contributed by atoms with Crippen molar-refractivity contribution in [2.45, 2.75) is 45.3 Å². The van der Waals surface area contributed by atoms with Gasteiger partial charge in [0.1, 0.15) is 5.75 Å². The number of hydrogen-bond donors (Lipinski definition) is 0. The first kappa shape index (κ1) is 22.2. The van der Waals surface area contributed by atoms with Gasteiger partial charge in [0.2, 0.25) is 0 Å². The lowest BCUT2D eigenvalue weighted by Crippen LogP contribution is -2.47. The third-order valence-electron chi connectivity index (χ3n) is 6.98. The number of piperazine rings is 1. The number of nitrogens with zero attached hydrogens (tertiary/aromatic N) is 3. The van der Waals surface area contributed by atoms with Crippen molar-refractivity contribution >= 4 is 5.91 Å². The van der Waals surface area contributed by atoms with E-state index in [-0.39, 0.29) is 11.4 Å². The molecule has 1 fully saturated rings. The largest absolute Gasteiger partial charge is 0.497 e. The minimum Gasteiger partial charge on any atom is -0.497 e. The van der Waals surface area contributed by atoms with E-state index in [1.807, 2.05) is 34.1 Å². The molecule has 5 heteroatoms. The fraction of sp³-hybridized carbons (Fsp3) is 0.444. The van der Waals surface area contributed by atoms with Crippen LogP contribution in [0.4, 0.5) is 0 Å². The predicted octanol–water partition coefficient (Wildman–Crippen LogP) is 3.77. The lowest BCUT2D eigenvalue weighted by molar-refractivity contribution is 0.0682. The minimum atomic E-state index is 0.0147. The van der Waals surface area contributed by atoms with Crippen molar-refractivity contribution in [2.75, 3.05) is 33.3 Å². The molecule has 0 aromatic heterocycles. The topological polar surface area (TPSA) is 36.0 Å². The molecule has 0 N–H and O–H groups in total. The van der Waals surface area contributed by atoms with E-state index in [2.05, 4.69) is 43.0 Å². The second-order valence-electron chi connectivity index (χ2n) is 9.37. The van der Waals surface area contributed by atoms with Gasteiger partial charge in [0.05, 0.1) is 7.11 Å². The van der Waals surface area contributed by atoms with Crippen LogP contribution in [0.3, 0.4) is 0 Å².